The van der Waals surface area contributed by atoms with E-state index in [4.69, 9.17) is 16.9 Å². The summed E-state index contributed by atoms with van der Waals surface area (Å²) in [6.45, 7) is 0.231. The molecule has 0 amide bonds. The summed E-state index contributed by atoms with van der Waals surface area (Å²) in [6, 6.07) is 8.85. The number of benzene rings is 1. The lowest BCUT2D eigenvalue weighted by molar-refractivity contribution is 0.191. The van der Waals surface area contributed by atoms with Crippen LogP contribution in [0.3, 0.4) is 0 Å². The van der Waals surface area contributed by atoms with Crippen LogP contribution in [0.2, 0.25) is 5.02 Å². The third-order valence-corrected chi connectivity index (χ3v) is 2.77. The number of aliphatic hydroxyl groups excluding tert-OH is 1. The number of anilines is 1. The first-order chi connectivity index (χ1) is 9.20. The van der Waals surface area contributed by atoms with Gasteiger partial charge in [0.25, 0.3) is 0 Å². The highest BCUT2D eigenvalue weighted by Crippen LogP contribution is 2.17. The lowest BCUT2D eigenvalue weighted by Gasteiger charge is -2.13. The van der Waals surface area contributed by atoms with Gasteiger partial charge in [0.15, 0.2) is 11.5 Å². The number of rotatable bonds is 4. The molecule has 5 nitrogen and oxygen atoms in total. The average Bonchev–Trinajstić information content (AvgIpc) is 2.45. The third kappa shape index (κ3) is 3.41. The van der Waals surface area contributed by atoms with Crippen LogP contribution < -0.4 is 5.32 Å². The minimum atomic E-state index is -0.717. The summed E-state index contributed by atoms with van der Waals surface area (Å²) in [5.41, 5.74) is 0.935. The zero-order chi connectivity index (χ0) is 13.7. The first-order valence-electron chi connectivity index (χ1n) is 5.59. The van der Waals surface area contributed by atoms with Crippen LogP contribution in [0.5, 0.6) is 0 Å². The fraction of sp³-hybridized carbons (Fsp3) is 0.154. The van der Waals surface area contributed by atoms with Crippen molar-refractivity contribution in [2.24, 2.45) is 0 Å². The monoisotopic (exact) mass is 274 g/mol. The van der Waals surface area contributed by atoms with Gasteiger partial charge in [-0.25, -0.2) is 9.97 Å². The van der Waals surface area contributed by atoms with Crippen molar-refractivity contribution in [3.63, 3.8) is 0 Å². The van der Waals surface area contributed by atoms with Crippen molar-refractivity contribution in [1.82, 2.24) is 9.97 Å². The Kier molecular flexibility index (Phi) is 4.29. The summed E-state index contributed by atoms with van der Waals surface area (Å²) in [5, 5.41) is 22.4. The molecular formula is C13H11ClN4O. The molecular weight excluding hydrogens is 264 g/mol. The van der Waals surface area contributed by atoms with E-state index in [0.717, 1.165) is 5.56 Å². The minimum Gasteiger partial charge on any atom is -0.387 e. The number of hydrogen-bond acceptors (Lipinski definition) is 5. The molecule has 2 N–H and O–H groups in total. The Morgan fingerprint density at radius 3 is 2.63 bits per heavy atom. The molecule has 0 bridgehead atoms. The van der Waals surface area contributed by atoms with Gasteiger partial charge in [-0.05, 0) is 17.7 Å². The zero-order valence-corrected chi connectivity index (χ0v) is 10.7. The molecule has 1 aromatic carbocycles. The summed E-state index contributed by atoms with van der Waals surface area (Å²) in [5.74, 6) is 0.359. The normalized spacial score (nSPS) is 11.6. The Balaban J connectivity index is 2.02. The van der Waals surface area contributed by atoms with Gasteiger partial charge in [-0.2, -0.15) is 5.26 Å². The lowest BCUT2D eigenvalue weighted by Crippen LogP contribution is -2.14. The molecule has 0 saturated heterocycles. The van der Waals surface area contributed by atoms with Gasteiger partial charge in [-0.15, -0.1) is 0 Å². The van der Waals surface area contributed by atoms with E-state index in [1.54, 1.807) is 24.3 Å². The maximum Gasteiger partial charge on any atom is 0.182 e. The summed E-state index contributed by atoms with van der Waals surface area (Å²) < 4.78 is 0. The Labute approximate surface area is 115 Å². The summed E-state index contributed by atoms with van der Waals surface area (Å²) >= 11 is 5.78. The van der Waals surface area contributed by atoms with E-state index in [2.05, 4.69) is 15.3 Å². The highest BCUT2D eigenvalue weighted by molar-refractivity contribution is 6.30. The molecule has 0 aliphatic heterocycles. The van der Waals surface area contributed by atoms with Gasteiger partial charge in [-0.1, -0.05) is 23.7 Å². The molecule has 1 atom stereocenters. The number of nitriles is 1. The second-order valence-electron chi connectivity index (χ2n) is 3.81. The Morgan fingerprint density at radius 2 is 1.95 bits per heavy atom. The molecule has 0 fully saturated rings. The van der Waals surface area contributed by atoms with Gasteiger partial charge in [0.05, 0.1) is 6.10 Å². The van der Waals surface area contributed by atoms with E-state index in [-0.39, 0.29) is 12.2 Å². The molecule has 2 rings (SSSR count). The van der Waals surface area contributed by atoms with Crippen molar-refractivity contribution in [2.45, 2.75) is 6.10 Å². The molecule has 1 aromatic heterocycles. The predicted octanol–water partition coefficient (Wildman–Crippen LogP) is 2.15. The highest BCUT2D eigenvalue weighted by atomic mass is 35.5. The Bertz CT molecular complexity index is 594. The van der Waals surface area contributed by atoms with E-state index in [9.17, 15) is 5.11 Å². The van der Waals surface area contributed by atoms with Gasteiger partial charge in [0.2, 0.25) is 0 Å². The number of aromatic nitrogens is 2. The van der Waals surface area contributed by atoms with Crippen LogP contribution >= 0.6 is 11.6 Å². The molecule has 0 aliphatic rings. The van der Waals surface area contributed by atoms with Crippen LogP contribution in [-0.4, -0.2) is 21.6 Å². The van der Waals surface area contributed by atoms with E-state index >= 15 is 0 Å². The molecule has 0 aliphatic carbocycles. The van der Waals surface area contributed by atoms with Crippen molar-refractivity contribution in [2.75, 3.05) is 11.9 Å². The van der Waals surface area contributed by atoms with Crippen molar-refractivity contribution in [1.29, 1.82) is 5.26 Å². The highest BCUT2D eigenvalue weighted by Gasteiger charge is 2.09. The Morgan fingerprint density at radius 1 is 1.26 bits per heavy atom. The number of halogens is 1. The number of hydrogen-bond donors (Lipinski definition) is 2. The second-order valence-corrected chi connectivity index (χ2v) is 4.25. The van der Waals surface area contributed by atoms with Gasteiger partial charge in [-0.3, -0.25) is 0 Å². The Hall–Kier alpha value is -2.16. The third-order valence-electron chi connectivity index (χ3n) is 2.52. The predicted molar refractivity (Wildman–Crippen MR) is 71.6 cm³/mol. The molecule has 0 spiro atoms. The molecule has 2 aromatic rings. The maximum absolute atomic E-state index is 10.00. The quantitative estimate of drug-likeness (QED) is 0.893. The van der Waals surface area contributed by atoms with Crippen molar-refractivity contribution in [3.8, 4) is 6.07 Å². The summed E-state index contributed by atoms with van der Waals surface area (Å²) in [4.78, 5) is 7.88. The molecule has 6 heteroatoms. The first kappa shape index (κ1) is 13.3. The van der Waals surface area contributed by atoms with Crippen LogP contribution in [0.4, 0.5) is 5.82 Å². The van der Waals surface area contributed by atoms with Crippen molar-refractivity contribution >= 4 is 17.4 Å². The molecule has 0 radical (unpaired) electrons. The average molecular weight is 275 g/mol. The van der Waals surface area contributed by atoms with Crippen LogP contribution in [0.25, 0.3) is 0 Å². The van der Waals surface area contributed by atoms with Gasteiger partial charge in [0, 0.05) is 24.0 Å². The fourth-order valence-corrected chi connectivity index (χ4v) is 1.67. The number of aliphatic hydroxyl groups is 1. The molecule has 19 heavy (non-hydrogen) atoms. The van der Waals surface area contributed by atoms with E-state index < -0.39 is 6.10 Å². The van der Waals surface area contributed by atoms with Crippen LogP contribution in [0.15, 0.2) is 36.7 Å². The van der Waals surface area contributed by atoms with Gasteiger partial charge >= 0.3 is 0 Å². The summed E-state index contributed by atoms with van der Waals surface area (Å²) in [7, 11) is 0. The van der Waals surface area contributed by atoms with E-state index in [0.29, 0.717) is 10.8 Å². The molecule has 0 saturated carbocycles. The lowest BCUT2D eigenvalue weighted by atomic mass is 10.1. The van der Waals surface area contributed by atoms with Gasteiger partial charge in [0.1, 0.15) is 6.07 Å². The number of nitrogens with zero attached hydrogens (tertiary/aromatic N) is 3. The smallest absolute Gasteiger partial charge is 0.182 e. The van der Waals surface area contributed by atoms with Crippen LogP contribution in [-0.2, 0) is 0 Å². The molecule has 0 unspecified atom stereocenters. The molecule has 96 valence electrons. The van der Waals surface area contributed by atoms with Crippen molar-refractivity contribution in [3.05, 3.63) is 52.9 Å². The summed E-state index contributed by atoms with van der Waals surface area (Å²) in [6.07, 6.45) is 2.21. The minimum absolute atomic E-state index is 0.200. The second kappa shape index (κ2) is 6.14. The van der Waals surface area contributed by atoms with Crippen molar-refractivity contribution < 1.29 is 5.11 Å². The zero-order valence-electron chi connectivity index (χ0n) is 9.92. The first-order valence-corrected chi connectivity index (χ1v) is 5.97. The topological polar surface area (TPSA) is 81.8 Å². The number of nitrogens with one attached hydrogen (secondary N) is 1. The van der Waals surface area contributed by atoms with Crippen LogP contribution in [0, 0.1) is 11.3 Å². The largest absolute Gasteiger partial charge is 0.387 e. The van der Waals surface area contributed by atoms with E-state index in [1.165, 1.54) is 12.4 Å². The maximum atomic E-state index is 10.00. The SMILES string of the molecule is N#Cc1nccnc1NC[C@@H](O)c1ccc(Cl)cc1. The van der Waals surface area contributed by atoms with Crippen LogP contribution in [0.1, 0.15) is 17.4 Å². The standard InChI is InChI=1S/C13H11ClN4O/c14-10-3-1-9(2-4-10)12(19)8-18-13-11(7-15)16-5-6-17-13/h1-6,12,19H,8H2,(H,17,18)/t12-/m1/s1. The van der Waals surface area contributed by atoms with Gasteiger partial charge < -0.3 is 10.4 Å². The fourth-order valence-electron chi connectivity index (χ4n) is 1.55. The van der Waals surface area contributed by atoms with E-state index in [1.807, 2.05) is 6.07 Å². The molecule has 1 heterocycles.